The fourth-order valence-electron chi connectivity index (χ4n) is 1.19. The zero-order valence-electron chi connectivity index (χ0n) is 9.30. The van der Waals surface area contributed by atoms with Crippen molar-refractivity contribution < 1.29 is 19.8 Å². The maximum Gasteiger partial charge on any atom is 0.405 e. The summed E-state index contributed by atoms with van der Waals surface area (Å²) in [5.41, 5.74) is 1.28. The van der Waals surface area contributed by atoms with Crippen LogP contribution in [0.3, 0.4) is 0 Å². The van der Waals surface area contributed by atoms with Gasteiger partial charge in [0.25, 0.3) is 0 Å². The van der Waals surface area contributed by atoms with Crippen LogP contribution in [0.5, 0.6) is 0 Å². The first-order valence-corrected chi connectivity index (χ1v) is 5.03. The molecule has 6 nitrogen and oxygen atoms in total. The number of rotatable bonds is 4. The van der Waals surface area contributed by atoms with Gasteiger partial charge in [0, 0.05) is 5.69 Å². The van der Waals surface area contributed by atoms with Gasteiger partial charge in [0.2, 0.25) is 5.91 Å². The number of aliphatic hydroxyl groups is 1. The van der Waals surface area contributed by atoms with E-state index in [9.17, 15) is 9.59 Å². The highest BCUT2D eigenvalue weighted by Crippen LogP contribution is 2.09. The molecule has 0 spiro atoms. The molecule has 0 heterocycles. The highest BCUT2D eigenvalue weighted by molar-refractivity contribution is 5.96. The molecular formula is C11H14N2O4. The van der Waals surface area contributed by atoms with Crippen LogP contribution in [0.1, 0.15) is 12.5 Å². The number of carbonyl (C=O) groups excluding carboxylic acids is 1. The standard InChI is InChI=1S/C11H14N2O4/c1-7(12-11(16)17)10(15)13-9-4-2-8(6-14)3-5-9/h2-5,7,12,14H,6H2,1H3,(H,13,15)(H,16,17). The van der Waals surface area contributed by atoms with E-state index in [-0.39, 0.29) is 6.61 Å². The molecule has 0 radical (unpaired) electrons. The minimum Gasteiger partial charge on any atom is -0.465 e. The zero-order chi connectivity index (χ0) is 12.8. The highest BCUT2D eigenvalue weighted by atomic mass is 16.4. The van der Waals surface area contributed by atoms with Crippen LogP contribution in [0.25, 0.3) is 0 Å². The summed E-state index contributed by atoms with van der Waals surface area (Å²) in [4.78, 5) is 21.8. The van der Waals surface area contributed by atoms with Gasteiger partial charge in [0.05, 0.1) is 6.61 Å². The van der Waals surface area contributed by atoms with Crippen molar-refractivity contribution in [1.29, 1.82) is 0 Å². The van der Waals surface area contributed by atoms with Gasteiger partial charge in [-0.05, 0) is 24.6 Å². The molecule has 92 valence electrons. The van der Waals surface area contributed by atoms with E-state index >= 15 is 0 Å². The molecule has 0 bridgehead atoms. The highest BCUT2D eigenvalue weighted by Gasteiger charge is 2.14. The topological polar surface area (TPSA) is 98.7 Å². The first-order valence-electron chi connectivity index (χ1n) is 5.03. The lowest BCUT2D eigenvalue weighted by Crippen LogP contribution is -2.40. The van der Waals surface area contributed by atoms with Gasteiger partial charge in [0.15, 0.2) is 0 Å². The lowest BCUT2D eigenvalue weighted by Gasteiger charge is -2.12. The van der Waals surface area contributed by atoms with Crippen molar-refractivity contribution in [3.8, 4) is 0 Å². The second kappa shape index (κ2) is 5.86. The molecule has 0 saturated carbocycles. The molecule has 0 aliphatic carbocycles. The molecule has 1 unspecified atom stereocenters. The molecule has 0 aliphatic rings. The smallest absolute Gasteiger partial charge is 0.405 e. The molecule has 0 aliphatic heterocycles. The fraction of sp³-hybridized carbons (Fsp3) is 0.273. The van der Waals surface area contributed by atoms with Crippen LogP contribution in [0, 0.1) is 0 Å². The average molecular weight is 238 g/mol. The summed E-state index contributed by atoms with van der Waals surface area (Å²) in [5, 5.41) is 21.9. The van der Waals surface area contributed by atoms with Crippen LogP contribution in [0.4, 0.5) is 10.5 Å². The number of hydrogen-bond acceptors (Lipinski definition) is 3. The zero-order valence-corrected chi connectivity index (χ0v) is 9.30. The quantitative estimate of drug-likeness (QED) is 0.622. The molecule has 1 atom stereocenters. The Kier molecular flexibility index (Phi) is 4.47. The predicted octanol–water partition coefficient (Wildman–Crippen LogP) is 0.773. The summed E-state index contributed by atoms with van der Waals surface area (Å²) in [7, 11) is 0. The second-order valence-corrected chi connectivity index (χ2v) is 3.52. The number of carbonyl (C=O) groups is 2. The third-order valence-corrected chi connectivity index (χ3v) is 2.14. The maximum atomic E-state index is 11.5. The molecule has 2 amide bonds. The Labute approximate surface area is 98.3 Å². The van der Waals surface area contributed by atoms with Gasteiger partial charge >= 0.3 is 6.09 Å². The molecule has 4 N–H and O–H groups in total. The van der Waals surface area contributed by atoms with Crippen molar-refractivity contribution in [2.45, 2.75) is 19.6 Å². The minimum absolute atomic E-state index is 0.0643. The average Bonchev–Trinajstić information content (AvgIpc) is 2.29. The Morgan fingerprint density at radius 2 is 1.88 bits per heavy atom. The molecule has 1 aromatic rings. The SMILES string of the molecule is CC(NC(=O)O)C(=O)Nc1ccc(CO)cc1. The van der Waals surface area contributed by atoms with Gasteiger partial charge in [-0.25, -0.2) is 4.79 Å². The van der Waals surface area contributed by atoms with Gasteiger partial charge < -0.3 is 20.8 Å². The van der Waals surface area contributed by atoms with Gasteiger partial charge in [-0.3, -0.25) is 4.79 Å². The fourth-order valence-corrected chi connectivity index (χ4v) is 1.19. The van der Waals surface area contributed by atoms with Gasteiger partial charge in [-0.15, -0.1) is 0 Å². The van der Waals surface area contributed by atoms with E-state index in [0.717, 1.165) is 5.56 Å². The maximum absolute atomic E-state index is 11.5. The van der Waals surface area contributed by atoms with Crippen molar-refractivity contribution >= 4 is 17.7 Å². The van der Waals surface area contributed by atoms with E-state index in [4.69, 9.17) is 10.2 Å². The normalized spacial score (nSPS) is 11.6. The van der Waals surface area contributed by atoms with Crippen molar-refractivity contribution in [3.05, 3.63) is 29.8 Å². The summed E-state index contributed by atoms with van der Waals surface area (Å²) < 4.78 is 0. The summed E-state index contributed by atoms with van der Waals surface area (Å²) >= 11 is 0. The molecule has 1 aromatic carbocycles. The number of anilines is 1. The lowest BCUT2D eigenvalue weighted by molar-refractivity contribution is -0.117. The molecule has 1 rings (SSSR count). The van der Waals surface area contributed by atoms with E-state index in [2.05, 4.69) is 5.32 Å². The number of nitrogens with one attached hydrogen (secondary N) is 2. The third kappa shape index (κ3) is 4.12. The monoisotopic (exact) mass is 238 g/mol. The van der Waals surface area contributed by atoms with E-state index in [0.29, 0.717) is 5.69 Å². The first kappa shape index (κ1) is 13.0. The van der Waals surface area contributed by atoms with Crippen LogP contribution in [-0.2, 0) is 11.4 Å². The predicted molar refractivity (Wildman–Crippen MR) is 61.6 cm³/mol. The Balaban J connectivity index is 2.58. The number of amides is 2. The Morgan fingerprint density at radius 3 is 2.35 bits per heavy atom. The molecule has 0 aromatic heterocycles. The van der Waals surface area contributed by atoms with E-state index in [1.165, 1.54) is 6.92 Å². The Morgan fingerprint density at radius 1 is 1.29 bits per heavy atom. The molecule has 0 saturated heterocycles. The lowest BCUT2D eigenvalue weighted by atomic mass is 10.2. The van der Waals surface area contributed by atoms with Crippen molar-refractivity contribution in [2.24, 2.45) is 0 Å². The van der Waals surface area contributed by atoms with E-state index in [1.54, 1.807) is 24.3 Å². The van der Waals surface area contributed by atoms with Crippen LogP contribution in [0.15, 0.2) is 24.3 Å². The van der Waals surface area contributed by atoms with Crippen LogP contribution in [-0.4, -0.2) is 28.3 Å². The number of aliphatic hydroxyl groups excluding tert-OH is 1. The van der Waals surface area contributed by atoms with Crippen LogP contribution >= 0.6 is 0 Å². The number of hydrogen-bond donors (Lipinski definition) is 4. The number of carboxylic acid groups (broad SMARTS) is 1. The minimum atomic E-state index is -1.25. The van der Waals surface area contributed by atoms with Gasteiger partial charge in [-0.1, -0.05) is 12.1 Å². The number of benzene rings is 1. The van der Waals surface area contributed by atoms with Crippen LogP contribution in [0.2, 0.25) is 0 Å². The molecule has 6 heteroatoms. The van der Waals surface area contributed by atoms with Gasteiger partial charge in [0.1, 0.15) is 6.04 Å². The summed E-state index contributed by atoms with van der Waals surface area (Å²) in [6.45, 7) is 1.39. The van der Waals surface area contributed by atoms with Crippen molar-refractivity contribution in [1.82, 2.24) is 5.32 Å². The molecule has 0 fully saturated rings. The Bertz CT molecular complexity index is 402. The summed E-state index contributed by atoms with van der Waals surface area (Å²) in [5.74, 6) is -0.441. The third-order valence-electron chi connectivity index (χ3n) is 2.14. The summed E-state index contributed by atoms with van der Waals surface area (Å²) in [6.07, 6.45) is -1.25. The molecule has 17 heavy (non-hydrogen) atoms. The second-order valence-electron chi connectivity index (χ2n) is 3.52. The summed E-state index contributed by atoms with van der Waals surface area (Å²) in [6, 6.07) is 5.79. The Hall–Kier alpha value is -2.08. The van der Waals surface area contributed by atoms with Gasteiger partial charge in [-0.2, -0.15) is 0 Å². The van der Waals surface area contributed by atoms with Crippen LogP contribution < -0.4 is 10.6 Å². The molecular weight excluding hydrogens is 224 g/mol. The first-order chi connectivity index (χ1) is 8.02. The van der Waals surface area contributed by atoms with Crippen molar-refractivity contribution in [2.75, 3.05) is 5.32 Å². The van der Waals surface area contributed by atoms with Crippen molar-refractivity contribution in [3.63, 3.8) is 0 Å². The largest absolute Gasteiger partial charge is 0.465 e. The van der Waals surface area contributed by atoms with E-state index in [1.807, 2.05) is 5.32 Å². The van der Waals surface area contributed by atoms with E-state index < -0.39 is 18.0 Å².